The average Bonchev–Trinajstić information content (AvgIpc) is 2.73. The first kappa shape index (κ1) is 11.1. The highest BCUT2D eigenvalue weighted by molar-refractivity contribution is 5.27. The second kappa shape index (κ2) is 4.31. The van der Waals surface area contributed by atoms with E-state index in [9.17, 15) is 0 Å². The molecule has 3 heteroatoms. The third-order valence-corrected chi connectivity index (χ3v) is 4.01. The van der Waals surface area contributed by atoms with Crippen LogP contribution in [0.2, 0.25) is 0 Å². The van der Waals surface area contributed by atoms with Crippen molar-refractivity contribution in [2.45, 2.75) is 24.9 Å². The molecular formula is C14H19NO2. The lowest BCUT2D eigenvalue weighted by molar-refractivity contribution is -0.125. The van der Waals surface area contributed by atoms with Gasteiger partial charge in [0.05, 0.1) is 25.9 Å². The molecule has 3 rings (SSSR count). The van der Waals surface area contributed by atoms with Crippen LogP contribution in [-0.2, 0) is 11.3 Å². The topological polar surface area (TPSA) is 21.7 Å². The zero-order valence-electron chi connectivity index (χ0n) is 10.3. The van der Waals surface area contributed by atoms with Crippen LogP contribution in [0.5, 0.6) is 5.75 Å². The third-order valence-electron chi connectivity index (χ3n) is 4.01. The van der Waals surface area contributed by atoms with Gasteiger partial charge in [-0.25, -0.2) is 0 Å². The van der Waals surface area contributed by atoms with E-state index in [-0.39, 0.29) is 0 Å². The molecule has 1 spiro atoms. The molecule has 0 N–H and O–H groups in total. The van der Waals surface area contributed by atoms with E-state index in [1.807, 2.05) is 12.1 Å². The molecule has 3 nitrogen and oxygen atoms in total. The Morgan fingerprint density at radius 2 is 2.06 bits per heavy atom. The molecule has 0 radical (unpaired) electrons. The second-order valence-corrected chi connectivity index (χ2v) is 5.09. The van der Waals surface area contributed by atoms with E-state index in [1.165, 1.54) is 24.9 Å². The summed E-state index contributed by atoms with van der Waals surface area (Å²) in [4.78, 5) is 2.58. The van der Waals surface area contributed by atoms with Crippen molar-refractivity contribution in [2.75, 3.05) is 26.9 Å². The zero-order chi connectivity index (χ0) is 11.7. The molecule has 2 saturated heterocycles. The first-order valence-corrected chi connectivity index (χ1v) is 6.28. The Balaban J connectivity index is 1.69. The smallest absolute Gasteiger partial charge is 0.118 e. The van der Waals surface area contributed by atoms with Crippen LogP contribution in [0.4, 0.5) is 0 Å². The van der Waals surface area contributed by atoms with E-state index in [1.54, 1.807) is 7.11 Å². The van der Waals surface area contributed by atoms with E-state index in [0.29, 0.717) is 5.54 Å². The molecule has 0 aliphatic carbocycles. The maximum atomic E-state index is 5.40. The molecule has 2 heterocycles. The van der Waals surface area contributed by atoms with E-state index in [0.717, 1.165) is 25.5 Å². The molecular weight excluding hydrogens is 214 g/mol. The Morgan fingerprint density at radius 1 is 1.29 bits per heavy atom. The van der Waals surface area contributed by atoms with Crippen molar-refractivity contribution in [1.82, 2.24) is 4.90 Å². The fourth-order valence-corrected chi connectivity index (χ4v) is 2.86. The molecule has 0 atom stereocenters. The molecule has 0 saturated carbocycles. The van der Waals surface area contributed by atoms with Gasteiger partial charge in [0, 0.05) is 6.54 Å². The lowest BCUT2D eigenvalue weighted by Gasteiger charge is -2.45. The van der Waals surface area contributed by atoms with Crippen molar-refractivity contribution < 1.29 is 9.47 Å². The highest BCUT2D eigenvalue weighted by Crippen LogP contribution is 2.36. The summed E-state index contributed by atoms with van der Waals surface area (Å²) >= 11 is 0. The van der Waals surface area contributed by atoms with Crippen LogP contribution in [0.1, 0.15) is 18.4 Å². The Bertz CT molecular complexity index is 384. The molecule has 1 aromatic rings. The summed E-state index contributed by atoms with van der Waals surface area (Å²) in [7, 11) is 1.70. The monoisotopic (exact) mass is 233 g/mol. The van der Waals surface area contributed by atoms with Crippen LogP contribution < -0.4 is 4.74 Å². The van der Waals surface area contributed by atoms with Crippen LogP contribution >= 0.6 is 0 Å². The molecule has 2 aliphatic rings. The van der Waals surface area contributed by atoms with Gasteiger partial charge < -0.3 is 9.47 Å². The van der Waals surface area contributed by atoms with Crippen molar-refractivity contribution in [1.29, 1.82) is 0 Å². The van der Waals surface area contributed by atoms with Crippen molar-refractivity contribution >= 4 is 0 Å². The molecule has 0 aromatic heterocycles. The fourth-order valence-electron chi connectivity index (χ4n) is 2.86. The van der Waals surface area contributed by atoms with Crippen molar-refractivity contribution in [3.63, 3.8) is 0 Å². The molecule has 0 bridgehead atoms. The molecule has 2 aliphatic heterocycles. The summed E-state index contributed by atoms with van der Waals surface area (Å²) in [6, 6.07) is 8.39. The Morgan fingerprint density at radius 3 is 2.65 bits per heavy atom. The zero-order valence-corrected chi connectivity index (χ0v) is 10.3. The number of hydrogen-bond donors (Lipinski definition) is 0. The number of methoxy groups -OCH3 is 1. The minimum Gasteiger partial charge on any atom is -0.497 e. The van der Waals surface area contributed by atoms with Gasteiger partial charge in [0.25, 0.3) is 0 Å². The van der Waals surface area contributed by atoms with Gasteiger partial charge in [-0.05, 0) is 37.1 Å². The van der Waals surface area contributed by atoms with Crippen molar-refractivity contribution in [3.8, 4) is 5.75 Å². The van der Waals surface area contributed by atoms with Crippen LogP contribution in [0.15, 0.2) is 24.3 Å². The number of likely N-dealkylation sites (tertiary alicyclic amines) is 1. The summed E-state index contributed by atoms with van der Waals surface area (Å²) in [5, 5.41) is 0. The third kappa shape index (κ3) is 1.94. The van der Waals surface area contributed by atoms with Gasteiger partial charge in [-0.3, -0.25) is 4.90 Å². The maximum absolute atomic E-state index is 5.40. The fraction of sp³-hybridized carbons (Fsp3) is 0.571. The van der Waals surface area contributed by atoms with Crippen LogP contribution in [0.3, 0.4) is 0 Å². The van der Waals surface area contributed by atoms with E-state index < -0.39 is 0 Å². The van der Waals surface area contributed by atoms with Gasteiger partial charge in [-0.1, -0.05) is 12.1 Å². The average molecular weight is 233 g/mol. The first-order valence-electron chi connectivity index (χ1n) is 6.28. The number of nitrogens with zero attached hydrogens (tertiary/aromatic N) is 1. The van der Waals surface area contributed by atoms with Gasteiger partial charge in [-0.15, -0.1) is 0 Å². The molecule has 92 valence electrons. The molecule has 17 heavy (non-hydrogen) atoms. The summed E-state index contributed by atoms with van der Waals surface area (Å²) in [6.07, 6.45) is 2.60. The van der Waals surface area contributed by atoms with E-state index in [4.69, 9.17) is 9.47 Å². The summed E-state index contributed by atoms with van der Waals surface area (Å²) < 4.78 is 10.6. The predicted molar refractivity (Wildman–Crippen MR) is 66.2 cm³/mol. The highest BCUT2D eigenvalue weighted by atomic mass is 16.5. The van der Waals surface area contributed by atoms with Crippen LogP contribution in [0.25, 0.3) is 0 Å². The molecule has 0 amide bonds. The number of benzene rings is 1. The normalized spacial score (nSPS) is 22.6. The van der Waals surface area contributed by atoms with Gasteiger partial charge in [-0.2, -0.15) is 0 Å². The van der Waals surface area contributed by atoms with Gasteiger partial charge >= 0.3 is 0 Å². The van der Waals surface area contributed by atoms with E-state index >= 15 is 0 Å². The lowest BCUT2D eigenvalue weighted by Crippen LogP contribution is -2.58. The molecule has 1 aromatic carbocycles. The molecule has 0 unspecified atom stereocenters. The van der Waals surface area contributed by atoms with Crippen LogP contribution in [0, 0.1) is 0 Å². The lowest BCUT2D eigenvalue weighted by atomic mass is 9.94. The Kier molecular flexibility index (Phi) is 2.81. The van der Waals surface area contributed by atoms with Crippen LogP contribution in [-0.4, -0.2) is 37.3 Å². The number of rotatable bonds is 3. The first-order chi connectivity index (χ1) is 8.32. The minimum absolute atomic E-state index is 0.361. The summed E-state index contributed by atoms with van der Waals surface area (Å²) in [6.45, 7) is 4.08. The molecule has 2 fully saturated rings. The minimum atomic E-state index is 0.361. The number of hydrogen-bond acceptors (Lipinski definition) is 3. The highest BCUT2D eigenvalue weighted by Gasteiger charge is 2.46. The quantitative estimate of drug-likeness (QED) is 0.797. The van der Waals surface area contributed by atoms with E-state index in [2.05, 4.69) is 17.0 Å². The van der Waals surface area contributed by atoms with Crippen molar-refractivity contribution in [3.05, 3.63) is 29.8 Å². The predicted octanol–water partition coefficient (Wildman–Crippen LogP) is 2.06. The van der Waals surface area contributed by atoms with Gasteiger partial charge in [0.15, 0.2) is 0 Å². The standard InChI is InChI=1S/C14H19NO2/c1-16-13-5-3-12(4-6-13)9-15-8-2-7-14(15)10-17-11-14/h3-6H,2,7-11H2,1H3. The summed E-state index contributed by atoms with van der Waals surface area (Å²) in [5.74, 6) is 0.928. The Labute approximate surface area is 102 Å². The maximum Gasteiger partial charge on any atom is 0.118 e. The van der Waals surface area contributed by atoms with Gasteiger partial charge in [0.1, 0.15) is 5.75 Å². The Hall–Kier alpha value is -1.06. The van der Waals surface area contributed by atoms with Gasteiger partial charge in [0.2, 0.25) is 0 Å². The summed E-state index contributed by atoms with van der Waals surface area (Å²) in [5.41, 5.74) is 1.72. The second-order valence-electron chi connectivity index (χ2n) is 5.09. The SMILES string of the molecule is COc1ccc(CN2CCCC23COC3)cc1. The number of ether oxygens (including phenoxy) is 2. The van der Waals surface area contributed by atoms with Crippen molar-refractivity contribution in [2.24, 2.45) is 0 Å². The largest absolute Gasteiger partial charge is 0.497 e.